The molecule has 1 aromatic carbocycles. The van der Waals surface area contributed by atoms with Crippen molar-refractivity contribution < 1.29 is 9.53 Å². The van der Waals surface area contributed by atoms with Crippen molar-refractivity contribution in [1.29, 1.82) is 0 Å². The van der Waals surface area contributed by atoms with Crippen LogP contribution < -0.4 is 10.1 Å². The lowest BCUT2D eigenvalue weighted by molar-refractivity contribution is -0.122. The van der Waals surface area contributed by atoms with E-state index in [1.807, 2.05) is 19.1 Å². The molecule has 0 unspecified atom stereocenters. The minimum atomic E-state index is -0.0783. The van der Waals surface area contributed by atoms with E-state index < -0.39 is 0 Å². The number of hydrogen-bond acceptors (Lipinski definition) is 3. The summed E-state index contributed by atoms with van der Waals surface area (Å²) in [4.78, 5) is 11.7. The zero-order chi connectivity index (χ0) is 15.7. The summed E-state index contributed by atoms with van der Waals surface area (Å²) in [5, 5.41) is 2.86. The molecule has 1 N–H and O–H groups in total. The van der Waals surface area contributed by atoms with Crippen LogP contribution in [0.4, 0.5) is 0 Å². The first kappa shape index (κ1) is 17.6. The minimum Gasteiger partial charge on any atom is -0.483 e. The number of rotatable bonds is 9. The molecule has 0 aliphatic rings. The first-order chi connectivity index (χ1) is 10.0. The van der Waals surface area contributed by atoms with Crippen LogP contribution in [0.15, 0.2) is 30.9 Å². The van der Waals surface area contributed by atoms with Crippen LogP contribution in [-0.2, 0) is 4.79 Å². The first-order valence-corrected chi connectivity index (χ1v) is 8.38. The van der Waals surface area contributed by atoms with E-state index >= 15 is 0 Å². The van der Waals surface area contributed by atoms with E-state index in [0.29, 0.717) is 12.5 Å². The molecule has 0 radical (unpaired) electrons. The van der Waals surface area contributed by atoms with E-state index in [1.54, 1.807) is 11.8 Å². The molecule has 3 nitrogen and oxygen atoms in total. The van der Waals surface area contributed by atoms with Crippen LogP contribution in [0.1, 0.15) is 30.9 Å². The lowest BCUT2D eigenvalue weighted by atomic mass is 10.0. The van der Waals surface area contributed by atoms with Crippen LogP contribution in [0.3, 0.4) is 0 Å². The van der Waals surface area contributed by atoms with Crippen molar-refractivity contribution in [3.63, 3.8) is 0 Å². The van der Waals surface area contributed by atoms with Gasteiger partial charge in [0.15, 0.2) is 6.61 Å². The molecule has 1 aromatic rings. The third-order valence-electron chi connectivity index (χ3n) is 2.95. The lowest BCUT2D eigenvalue weighted by Gasteiger charge is -2.14. The van der Waals surface area contributed by atoms with Gasteiger partial charge < -0.3 is 10.1 Å². The van der Waals surface area contributed by atoms with E-state index in [0.717, 1.165) is 28.4 Å². The molecule has 0 saturated carbocycles. The molecule has 0 spiro atoms. The van der Waals surface area contributed by atoms with Crippen LogP contribution in [0.2, 0.25) is 0 Å². The molecule has 0 fully saturated rings. The number of ether oxygens (including phenoxy) is 1. The van der Waals surface area contributed by atoms with E-state index in [1.165, 1.54) is 0 Å². The second-order valence-electron chi connectivity index (χ2n) is 5.20. The fourth-order valence-electron chi connectivity index (χ4n) is 1.87. The highest BCUT2D eigenvalue weighted by Gasteiger charge is 2.10. The SMILES string of the molecule is C=CCSCCNC(=O)COc1cc(C)ccc1C(C)C. The van der Waals surface area contributed by atoms with Gasteiger partial charge in [-0.05, 0) is 30.0 Å². The fraction of sp³-hybridized carbons (Fsp3) is 0.471. The van der Waals surface area contributed by atoms with E-state index in [4.69, 9.17) is 4.74 Å². The first-order valence-electron chi connectivity index (χ1n) is 7.23. The van der Waals surface area contributed by atoms with Crippen molar-refractivity contribution in [2.24, 2.45) is 0 Å². The average molecular weight is 307 g/mol. The van der Waals surface area contributed by atoms with Gasteiger partial charge in [-0.3, -0.25) is 4.79 Å². The van der Waals surface area contributed by atoms with Gasteiger partial charge in [0, 0.05) is 18.1 Å². The number of thioether (sulfide) groups is 1. The lowest BCUT2D eigenvalue weighted by Crippen LogP contribution is -2.30. The summed E-state index contributed by atoms with van der Waals surface area (Å²) in [6.45, 7) is 10.6. The zero-order valence-electron chi connectivity index (χ0n) is 13.1. The molecule has 21 heavy (non-hydrogen) atoms. The second kappa shape index (κ2) is 9.50. The molecule has 0 aromatic heterocycles. The number of benzene rings is 1. The Morgan fingerprint density at radius 2 is 2.24 bits per heavy atom. The van der Waals surface area contributed by atoms with E-state index in [2.05, 4.69) is 37.9 Å². The van der Waals surface area contributed by atoms with Crippen LogP contribution in [-0.4, -0.2) is 30.6 Å². The number of amides is 1. The summed E-state index contributed by atoms with van der Waals surface area (Å²) in [5.41, 5.74) is 2.27. The van der Waals surface area contributed by atoms with Gasteiger partial charge in [-0.2, -0.15) is 11.8 Å². The quantitative estimate of drug-likeness (QED) is 0.560. The Morgan fingerprint density at radius 1 is 1.48 bits per heavy atom. The van der Waals surface area contributed by atoms with Gasteiger partial charge in [0.2, 0.25) is 0 Å². The Bertz CT molecular complexity index is 472. The minimum absolute atomic E-state index is 0.0648. The van der Waals surface area contributed by atoms with Crippen LogP contribution >= 0.6 is 11.8 Å². The highest BCUT2D eigenvalue weighted by atomic mass is 32.2. The Hall–Kier alpha value is -1.42. The van der Waals surface area contributed by atoms with Gasteiger partial charge in [0.1, 0.15) is 5.75 Å². The molecule has 0 aliphatic carbocycles. The summed E-state index contributed by atoms with van der Waals surface area (Å²) in [6, 6.07) is 6.13. The summed E-state index contributed by atoms with van der Waals surface area (Å²) >= 11 is 1.74. The predicted octanol–water partition coefficient (Wildman–Crippen LogP) is 3.53. The van der Waals surface area contributed by atoms with E-state index in [9.17, 15) is 4.79 Å². The monoisotopic (exact) mass is 307 g/mol. The van der Waals surface area contributed by atoms with Crippen molar-refractivity contribution in [2.75, 3.05) is 24.7 Å². The summed E-state index contributed by atoms with van der Waals surface area (Å²) in [6.07, 6.45) is 1.86. The highest BCUT2D eigenvalue weighted by molar-refractivity contribution is 7.99. The normalized spacial score (nSPS) is 10.5. The topological polar surface area (TPSA) is 38.3 Å². The molecular formula is C17H25NO2S. The van der Waals surface area contributed by atoms with E-state index in [-0.39, 0.29) is 12.5 Å². The summed E-state index contributed by atoms with van der Waals surface area (Å²) in [7, 11) is 0. The van der Waals surface area contributed by atoms with Crippen LogP contribution in [0, 0.1) is 6.92 Å². The number of carbonyl (C=O) groups excluding carboxylic acids is 1. The highest BCUT2D eigenvalue weighted by Crippen LogP contribution is 2.27. The van der Waals surface area contributed by atoms with Gasteiger partial charge in [0.05, 0.1) is 0 Å². The Balaban J connectivity index is 2.42. The number of carbonyl (C=O) groups is 1. The van der Waals surface area contributed by atoms with Crippen molar-refractivity contribution in [1.82, 2.24) is 5.32 Å². The average Bonchev–Trinajstić information content (AvgIpc) is 2.44. The Kier molecular flexibility index (Phi) is 7.98. The van der Waals surface area contributed by atoms with Gasteiger partial charge in [0.25, 0.3) is 5.91 Å². The molecule has 1 amide bonds. The maximum absolute atomic E-state index is 11.7. The maximum atomic E-state index is 11.7. The molecule has 0 saturated heterocycles. The zero-order valence-corrected chi connectivity index (χ0v) is 14.0. The third-order valence-corrected chi connectivity index (χ3v) is 3.92. The summed E-state index contributed by atoms with van der Waals surface area (Å²) in [5.74, 6) is 2.90. The largest absolute Gasteiger partial charge is 0.483 e. The Labute approximate surface area is 132 Å². The molecule has 0 heterocycles. The number of aryl methyl sites for hydroxylation is 1. The molecule has 0 aliphatic heterocycles. The third kappa shape index (κ3) is 6.71. The predicted molar refractivity (Wildman–Crippen MR) is 91.3 cm³/mol. The molecule has 1 rings (SSSR count). The smallest absolute Gasteiger partial charge is 0.257 e. The molecule has 116 valence electrons. The molecule has 0 atom stereocenters. The number of nitrogens with one attached hydrogen (secondary N) is 1. The summed E-state index contributed by atoms with van der Waals surface area (Å²) < 4.78 is 5.68. The van der Waals surface area contributed by atoms with Gasteiger partial charge in [-0.1, -0.05) is 32.1 Å². The fourth-order valence-corrected chi connectivity index (χ4v) is 2.45. The van der Waals surface area contributed by atoms with Gasteiger partial charge in [-0.25, -0.2) is 0 Å². The van der Waals surface area contributed by atoms with Gasteiger partial charge >= 0.3 is 0 Å². The van der Waals surface area contributed by atoms with Crippen molar-refractivity contribution in [2.45, 2.75) is 26.7 Å². The number of hydrogen-bond donors (Lipinski definition) is 1. The standard InChI is InChI=1S/C17H25NO2S/c1-5-9-21-10-8-18-17(19)12-20-16-11-14(4)6-7-15(16)13(2)3/h5-7,11,13H,1,8-10,12H2,2-4H3,(H,18,19). The van der Waals surface area contributed by atoms with Crippen molar-refractivity contribution in [3.8, 4) is 5.75 Å². The Morgan fingerprint density at radius 3 is 2.90 bits per heavy atom. The molecular weight excluding hydrogens is 282 g/mol. The molecule has 4 heteroatoms. The second-order valence-corrected chi connectivity index (χ2v) is 6.35. The van der Waals surface area contributed by atoms with Crippen molar-refractivity contribution >= 4 is 17.7 Å². The van der Waals surface area contributed by atoms with Gasteiger partial charge in [-0.15, -0.1) is 6.58 Å². The van der Waals surface area contributed by atoms with Crippen molar-refractivity contribution in [3.05, 3.63) is 42.0 Å². The van der Waals surface area contributed by atoms with Crippen LogP contribution in [0.25, 0.3) is 0 Å². The van der Waals surface area contributed by atoms with Crippen LogP contribution in [0.5, 0.6) is 5.75 Å². The maximum Gasteiger partial charge on any atom is 0.257 e. The molecule has 0 bridgehead atoms.